The van der Waals surface area contributed by atoms with Gasteiger partial charge in [0.05, 0.1) is 5.41 Å². The minimum Gasteiger partial charge on any atom is -0.354 e. The molecule has 15 heavy (non-hydrogen) atoms. The average Bonchev–Trinajstić information content (AvgIpc) is 2.74. The first kappa shape index (κ1) is 12.5. The van der Waals surface area contributed by atoms with Crippen molar-refractivity contribution in [1.82, 2.24) is 10.6 Å². The fourth-order valence-electron chi connectivity index (χ4n) is 2.20. The summed E-state index contributed by atoms with van der Waals surface area (Å²) in [6.07, 6.45) is 4.18. The highest BCUT2D eigenvalue weighted by Gasteiger charge is 2.39. The molecule has 1 fully saturated rings. The number of carbonyl (C=O) groups excluding carboxylic acids is 1. The minimum atomic E-state index is -0.258. The number of hydrogen-bond acceptors (Lipinski definition) is 3. The lowest BCUT2D eigenvalue weighted by Gasteiger charge is -2.25. The van der Waals surface area contributed by atoms with Gasteiger partial charge in [0.25, 0.3) is 0 Å². The van der Waals surface area contributed by atoms with Gasteiger partial charge in [0.1, 0.15) is 0 Å². The molecule has 0 saturated heterocycles. The van der Waals surface area contributed by atoms with E-state index in [1.807, 2.05) is 0 Å². The maximum Gasteiger partial charge on any atom is 0.227 e. The van der Waals surface area contributed by atoms with Crippen molar-refractivity contribution in [2.24, 2.45) is 11.1 Å². The van der Waals surface area contributed by atoms with Crippen molar-refractivity contribution in [1.29, 1.82) is 0 Å². The Kier molecular flexibility index (Phi) is 5.05. The van der Waals surface area contributed by atoms with E-state index in [0.717, 1.165) is 38.8 Å². The van der Waals surface area contributed by atoms with Gasteiger partial charge in [-0.25, -0.2) is 0 Å². The van der Waals surface area contributed by atoms with E-state index in [-0.39, 0.29) is 11.3 Å². The number of amides is 1. The molecule has 1 rings (SSSR count). The van der Waals surface area contributed by atoms with E-state index in [2.05, 4.69) is 17.6 Å². The molecule has 1 amide bonds. The Morgan fingerprint density at radius 3 is 2.53 bits per heavy atom. The summed E-state index contributed by atoms with van der Waals surface area (Å²) in [6, 6.07) is 0. The number of likely N-dealkylation sites (N-methyl/N-ethyl adjacent to an activating group) is 1. The third-order valence-electron chi connectivity index (χ3n) is 3.27. The quantitative estimate of drug-likeness (QED) is 0.553. The Morgan fingerprint density at radius 2 is 2.00 bits per heavy atom. The van der Waals surface area contributed by atoms with Gasteiger partial charge in [0, 0.05) is 19.6 Å². The molecule has 0 atom stereocenters. The summed E-state index contributed by atoms with van der Waals surface area (Å²) < 4.78 is 0. The molecule has 1 saturated carbocycles. The van der Waals surface area contributed by atoms with Gasteiger partial charge < -0.3 is 16.4 Å². The topological polar surface area (TPSA) is 67.1 Å². The SMILES string of the molecule is CCNCCNC(=O)C1(CN)CCCC1. The second kappa shape index (κ2) is 6.08. The highest BCUT2D eigenvalue weighted by Crippen LogP contribution is 2.37. The van der Waals surface area contributed by atoms with Crippen molar-refractivity contribution in [2.75, 3.05) is 26.2 Å². The van der Waals surface area contributed by atoms with Crippen LogP contribution >= 0.6 is 0 Å². The van der Waals surface area contributed by atoms with Crippen LogP contribution in [-0.4, -0.2) is 32.1 Å². The molecule has 88 valence electrons. The van der Waals surface area contributed by atoms with E-state index in [4.69, 9.17) is 5.73 Å². The van der Waals surface area contributed by atoms with Crippen LogP contribution in [-0.2, 0) is 4.79 Å². The fourth-order valence-corrected chi connectivity index (χ4v) is 2.20. The van der Waals surface area contributed by atoms with E-state index in [9.17, 15) is 4.79 Å². The number of rotatable bonds is 6. The van der Waals surface area contributed by atoms with Crippen LogP contribution in [0.3, 0.4) is 0 Å². The molecule has 0 heterocycles. The summed E-state index contributed by atoms with van der Waals surface area (Å²) in [5.41, 5.74) is 5.47. The van der Waals surface area contributed by atoms with Crippen molar-refractivity contribution in [3.8, 4) is 0 Å². The molecular formula is C11H23N3O. The minimum absolute atomic E-state index is 0.153. The lowest BCUT2D eigenvalue weighted by atomic mass is 9.85. The summed E-state index contributed by atoms with van der Waals surface area (Å²) in [5.74, 6) is 0.153. The predicted molar refractivity (Wildman–Crippen MR) is 61.5 cm³/mol. The molecule has 0 radical (unpaired) electrons. The Hall–Kier alpha value is -0.610. The number of nitrogens with one attached hydrogen (secondary N) is 2. The molecule has 0 unspecified atom stereocenters. The molecule has 1 aliphatic rings. The van der Waals surface area contributed by atoms with Crippen LogP contribution in [0.15, 0.2) is 0 Å². The Bertz CT molecular complexity index is 200. The average molecular weight is 213 g/mol. The maximum atomic E-state index is 11.9. The molecule has 4 heteroatoms. The molecule has 0 spiro atoms. The molecule has 4 nitrogen and oxygen atoms in total. The van der Waals surface area contributed by atoms with E-state index < -0.39 is 0 Å². The number of carbonyl (C=O) groups is 1. The van der Waals surface area contributed by atoms with Gasteiger partial charge in [-0.2, -0.15) is 0 Å². The fraction of sp³-hybridized carbons (Fsp3) is 0.909. The van der Waals surface area contributed by atoms with Crippen molar-refractivity contribution < 1.29 is 4.79 Å². The lowest BCUT2D eigenvalue weighted by Crippen LogP contribution is -2.45. The standard InChI is InChI=1S/C11H23N3O/c1-2-13-7-8-14-10(15)11(9-12)5-3-4-6-11/h13H,2-9,12H2,1H3,(H,14,15). The van der Waals surface area contributed by atoms with Crippen LogP contribution in [0.25, 0.3) is 0 Å². The summed E-state index contributed by atoms with van der Waals surface area (Å²) >= 11 is 0. The summed E-state index contributed by atoms with van der Waals surface area (Å²) in [5, 5.41) is 6.15. The molecule has 0 aliphatic heterocycles. The van der Waals surface area contributed by atoms with Gasteiger partial charge in [-0.05, 0) is 19.4 Å². The zero-order valence-corrected chi connectivity index (χ0v) is 9.64. The summed E-state index contributed by atoms with van der Waals surface area (Å²) in [6.45, 7) is 5.02. The number of nitrogens with two attached hydrogens (primary N) is 1. The highest BCUT2D eigenvalue weighted by atomic mass is 16.2. The van der Waals surface area contributed by atoms with Gasteiger partial charge in [-0.15, -0.1) is 0 Å². The first-order valence-corrected chi connectivity index (χ1v) is 5.94. The monoisotopic (exact) mass is 213 g/mol. The molecule has 0 aromatic rings. The van der Waals surface area contributed by atoms with Crippen LogP contribution in [0.5, 0.6) is 0 Å². The second-order valence-electron chi connectivity index (χ2n) is 4.30. The van der Waals surface area contributed by atoms with Crippen LogP contribution in [0.1, 0.15) is 32.6 Å². The maximum absolute atomic E-state index is 11.9. The zero-order chi connectivity index (χ0) is 11.1. The van der Waals surface area contributed by atoms with Gasteiger partial charge in [0.2, 0.25) is 5.91 Å². The molecular weight excluding hydrogens is 190 g/mol. The Morgan fingerprint density at radius 1 is 1.33 bits per heavy atom. The van der Waals surface area contributed by atoms with Gasteiger partial charge >= 0.3 is 0 Å². The second-order valence-corrected chi connectivity index (χ2v) is 4.30. The Labute approximate surface area is 92.0 Å². The van der Waals surface area contributed by atoms with Crippen LogP contribution < -0.4 is 16.4 Å². The predicted octanol–water partition coefficient (Wildman–Crippen LogP) is 0.231. The normalized spacial score (nSPS) is 19.1. The van der Waals surface area contributed by atoms with E-state index in [1.54, 1.807) is 0 Å². The first-order chi connectivity index (χ1) is 7.25. The Balaban J connectivity index is 2.31. The summed E-state index contributed by atoms with van der Waals surface area (Å²) in [7, 11) is 0. The van der Waals surface area contributed by atoms with Crippen molar-refractivity contribution >= 4 is 5.91 Å². The third kappa shape index (κ3) is 3.18. The van der Waals surface area contributed by atoms with Gasteiger partial charge in [0.15, 0.2) is 0 Å². The van der Waals surface area contributed by atoms with E-state index in [0.29, 0.717) is 13.1 Å². The first-order valence-electron chi connectivity index (χ1n) is 5.94. The van der Waals surface area contributed by atoms with E-state index in [1.165, 1.54) is 0 Å². The van der Waals surface area contributed by atoms with Crippen molar-refractivity contribution in [3.05, 3.63) is 0 Å². The largest absolute Gasteiger partial charge is 0.354 e. The molecule has 0 aromatic heterocycles. The molecule has 1 aliphatic carbocycles. The lowest BCUT2D eigenvalue weighted by molar-refractivity contribution is -0.130. The summed E-state index contributed by atoms with van der Waals surface area (Å²) in [4.78, 5) is 11.9. The molecule has 0 bridgehead atoms. The number of hydrogen-bond donors (Lipinski definition) is 3. The zero-order valence-electron chi connectivity index (χ0n) is 9.64. The molecule has 4 N–H and O–H groups in total. The van der Waals surface area contributed by atoms with Gasteiger partial charge in [-0.1, -0.05) is 19.8 Å². The van der Waals surface area contributed by atoms with Gasteiger partial charge in [-0.3, -0.25) is 4.79 Å². The van der Waals surface area contributed by atoms with Crippen LogP contribution in [0, 0.1) is 5.41 Å². The highest BCUT2D eigenvalue weighted by molar-refractivity contribution is 5.83. The van der Waals surface area contributed by atoms with E-state index >= 15 is 0 Å². The third-order valence-corrected chi connectivity index (χ3v) is 3.27. The van der Waals surface area contributed by atoms with Crippen molar-refractivity contribution in [2.45, 2.75) is 32.6 Å². The van der Waals surface area contributed by atoms with Crippen LogP contribution in [0.4, 0.5) is 0 Å². The van der Waals surface area contributed by atoms with Crippen LogP contribution in [0.2, 0.25) is 0 Å². The smallest absolute Gasteiger partial charge is 0.227 e. The molecule has 0 aromatic carbocycles. The van der Waals surface area contributed by atoms with Crippen molar-refractivity contribution in [3.63, 3.8) is 0 Å².